The zero-order chi connectivity index (χ0) is 14.1. The molecular formula is C11H20N2O5. The predicted octanol–water partition coefficient (Wildman–Crippen LogP) is 0.348. The Morgan fingerprint density at radius 2 is 1.89 bits per heavy atom. The Balaban J connectivity index is 4.03. The Hall–Kier alpha value is -1.79. The summed E-state index contributed by atoms with van der Waals surface area (Å²) in [4.78, 5) is 33.0. The first-order valence-corrected chi connectivity index (χ1v) is 5.70. The summed E-state index contributed by atoms with van der Waals surface area (Å²) in [6.45, 7) is 3.84. The molecule has 0 radical (unpaired) electrons. The molecule has 0 aromatic carbocycles. The molecule has 7 nitrogen and oxygen atoms in total. The minimum Gasteiger partial charge on any atom is -0.480 e. The average molecular weight is 260 g/mol. The maximum absolute atomic E-state index is 11.4. The summed E-state index contributed by atoms with van der Waals surface area (Å²) in [5.41, 5.74) is 0. The Labute approximate surface area is 106 Å². The molecule has 1 atom stereocenters. The SMILES string of the molecule is COC(=O)CCNC(=O)NC(CC(C)C)C(=O)O. The van der Waals surface area contributed by atoms with Gasteiger partial charge >= 0.3 is 18.0 Å². The van der Waals surface area contributed by atoms with Gasteiger partial charge in [-0.1, -0.05) is 13.8 Å². The average Bonchev–Trinajstić information content (AvgIpc) is 2.27. The number of nitrogens with one attached hydrogen (secondary N) is 2. The zero-order valence-electron chi connectivity index (χ0n) is 10.9. The van der Waals surface area contributed by atoms with Gasteiger partial charge < -0.3 is 20.5 Å². The topological polar surface area (TPSA) is 105 Å². The predicted molar refractivity (Wildman–Crippen MR) is 64.0 cm³/mol. The zero-order valence-corrected chi connectivity index (χ0v) is 10.9. The highest BCUT2D eigenvalue weighted by Crippen LogP contribution is 2.04. The van der Waals surface area contributed by atoms with Gasteiger partial charge in [0.25, 0.3) is 0 Å². The number of amides is 2. The molecule has 0 saturated carbocycles. The fraction of sp³-hybridized carbons (Fsp3) is 0.727. The first-order valence-electron chi connectivity index (χ1n) is 5.70. The molecule has 0 rings (SSSR count). The van der Waals surface area contributed by atoms with Crippen molar-refractivity contribution < 1.29 is 24.2 Å². The van der Waals surface area contributed by atoms with Gasteiger partial charge in [-0.25, -0.2) is 9.59 Å². The number of hydrogen-bond acceptors (Lipinski definition) is 4. The number of urea groups is 1. The number of methoxy groups -OCH3 is 1. The summed E-state index contributed by atoms with van der Waals surface area (Å²) in [5.74, 6) is -1.36. The first kappa shape index (κ1) is 16.2. The molecule has 0 aliphatic rings. The van der Waals surface area contributed by atoms with E-state index in [-0.39, 0.29) is 18.9 Å². The van der Waals surface area contributed by atoms with Crippen LogP contribution in [0.3, 0.4) is 0 Å². The lowest BCUT2D eigenvalue weighted by Crippen LogP contribution is -2.47. The molecule has 7 heteroatoms. The lowest BCUT2D eigenvalue weighted by Gasteiger charge is -2.16. The number of carboxylic acid groups (broad SMARTS) is 1. The Bertz CT molecular complexity index is 304. The molecule has 0 aromatic rings. The van der Waals surface area contributed by atoms with Gasteiger partial charge in [0.1, 0.15) is 6.04 Å². The molecule has 0 heterocycles. The molecule has 0 aromatic heterocycles. The maximum Gasteiger partial charge on any atom is 0.326 e. The lowest BCUT2D eigenvalue weighted by molar-refractivity contribution is -0.141. The quantitative estimate of drug-likeness (QED) is 0.573. The molecule has 1 unspecified atom stereocenters. The van der Waals surface area contributed by atoms with Crippen molar-refractivity contribution in [1.82, 2.24) is 10.6 Å². The number of ether oxygens (including phenoxy) is 1. The van der Waals surface area contributed by atoms with Crippen molar-refractivity contribution in [3.63, 3.8) is 0 Å². The van der Waals surface area contributed by atoms with Crippen molar-refractivity contribution in [2.24, 2.45) is 5.92 Å². The second-order valence-corrected chi connectivity index (χ2v) is 4.25. The summed E-state index contributed by atoms with van der Waals surface area (Å²) in [6.07, 6.45) is 0.394. The van der Waals surface area contributed by atoms with Gasteiger partial charge in [0.2, 0.25) is 0 Å². The number of hydrogen-bond donors (Lipinski definition) is 3. The summed E-state index contributed by atoms with van der Waals surface area (Å²) in [7, 11) is 1.26. The first-order chi connectivity index (χ1) is 8.36. The van der Waals surface area contributed by atoms with Crippen LogP contribution < -0.4 is 10.6 Å². The summed E-state index contributed by atoms with van der Waals surface area (Å²) >= 11 is 0. The molecule has 0 fully saturated rings. The Morgan fingerprint density at radius 1 is 1.28 bits per heavy atom. The van der Waals surface area contributed by atoms with E-state index < -0.39 is 24.0 Å². The lowest BCUT2D eigenvalue weighted by atomic mass is 10.0. The van der Waals surface area contributed by atoms with Crippen LogP contribution in [0.4, 0.5) is 4.79 Å². The van der Waals surface area contributed by atoms with E-state index >= 15 is 0 Å². The van der Waals surface area contributed by atoms with Crippen LogP contribution in [0.2, 0.25) is 0 Å². The van der Waals surface area contributed by atoms with Crippen LogP contribution in [0.15, 0.2) is 0 Å². The van der Waals surface area contributed by atoms with Gasteiger partial charge in [-0.15, -0.1) is 0 Å². The van der Waals surface area contributed by atoms with Gasteiger partial charge in [0, 0.05) is 6.54 Å². The van der Waals surface area contributed by atoms with Gasteiger partial charge in [0.15, 0.2) is 0 Å². The fourth-order valence-corrected chi connectivity index (χ4v) is 1.28. The molecule has 2 amide bonds. The van der Waals surface area contributed by atoms with Crippen LogP contribution in [-0.2, 0) is 14.3 Å². The normalized spacial score (nSPS) is 11.8. The monoisotopic (exact) mass is 260 g/mol. The summed E-state index contributed by atoms with van der Waals surface area (Å²) in [5, 5.41) is 13.6. The van der Waals surface area contributed by atoms with E-state index in [2.05, 4.69) is 15.4 Å². The highest BCUT2D eigenvalue weighted by Gasteiger charge is 2.20. The van der Waals surface area contributed by atoms with Crippen molar-refractivity contribution >= 4 is 18.0 Å². The molecule has 0 spiro atoms. The van der Waals surface area contributed by atoms with E-state index in [9.17, 15) is 14.4 Å². The van der Waals surface area contributed by atoms with E-state index in [0.29, 0.717) is 6.42 Å². The molecule has 0 aliphatic heterocycles. The second-order valence-electron chi connectivity index (χ2n) is 4.25. The van der Waals surface area contributed by atoms with E-state index in [1.54, 1.807) is 0 Å². The van der Waals surface area contributed by atoms with Crippen LogP contribution in [0.25, 0.3) is 0 Å². The minimum absolute atomic E-state index is 0.0475. The van der Waals surface area contributed by atoms with E-state index in [1.807, 2.05) is 13.8 Å². The largest absolute Gasteiger partial charge is 0.480 e. The third kappa shape index (κ3) is 7.48. The highest BCUT2D eigenvalue weighted by atomic mass is 16.5. The number of carbonyl (C=O) groups excluding carboxylic acids is 2. The van der Waals surface area contributed by atoms with Crippen molar-refractivity contribution in [1.29, 1.82) is 0 Å². The van der Waals surface area contributed by atoms with Crippen LogP contribution in [0.5, 0.6) is 0 Å². The van der Waals surface area contributed by atoms with Gasteiger partial charge in [-0.2, -0.15) is 0 Å². The number of carbonyl (C=O) groups is 3. The number of aliphatic carboxylic acids is 1. The van der Waals surface area contributed by atoms with Gasteiger partial charge in [-0.05, 0) is 12.3 Å². The number of rotatable bonds is 7. The van der Waals surface area contributed by atoms with Crippen LogP contribution >= 0.6 is 0 Å². The van der Waals surface area contributed by atoms with Crippen molar-refractivity contribution in [3.8, 4) is 0 Å². The van der Waals surface area contributed by atoms with E-state index in [1.165, 1.54) is 7.11 Å². The molecular weight excluding hydrogens is 240 g/mol. The number of carboxylic acids is 1. The molecule has 3 N–H and O–H groups in total. The number of esters is 1. The van der Waals surface area contributed by atoms with Gasteiger partial charge in [0.05, 0.1) is 13.5 Å². The molecule has 104 valence electrons. The smallest absolute Gasteiger partial charge is 0.326 e. The van der Waals surface area contributed by atoms with Crippen molar-refractivity contribution in [3.05, 3.63) is 0 Å². The molecule has 0 bridgehead atoms. The fourth-order valence-electron chi connectivity index (χ4n) is 1.28. The second kappa shape index (κ2) is 8.32. The van der Waals surface area contributed by atoms with Crippen molar-refractivity contribution in [2.45, 2.75) is 32.7 Å². The molecule has 0 aliphatic carbocycles. The minimum atomic E-state index is -1.08. The summed E-state index contributed by atoms with van der Waals surface area (Å²) in [6, 6.07) is -1.53. The third-order valence-corrected chi connectivity index (χ3v) is 2.15. The molecule has 18 heavy (non-hydrogen) atoms. The molecule has 0 saturated heterocycles. The maximum atomic E-state index is 11.4. The van der Waals surface area contributed by atoms with Gasteiger partial charge in [-0.3, -0.25) is 4.79 Å². The highest BCUT2D eigenvalue weighted by molar-refractivity contribution is 5.82. The van der Waals surface area contributed by atoms with Crippen molar-refractivity contribution in [2.75, 3.05) is 13.7 Å². The van der Waals surface area contributed by atoms with Crippen LogP contribution in [-0.4, -0.2) is 42.8 Å². The Morgan fingerprint density at radius 3 is 2.33 bits per heavy atom. The van der Waals surface area contributed by atoms with Crippen LogP contribution in [0.1, 0.15) is 26.7 Å². The summed E-state index contributed by atoms with van der Waals surface area (Å²) < 4.78 is 4.40. The van der Waals surface area contributed by atoms with E-state index in [0.717, 1.165) is 0 Å². The third-order valence-electron chi connectivity index (χ3n) is 2.15. The standard InChI is InChI=1S/C11H20N2O5/c1-7(2)6-8(10(15)16)13-11(17)12-5-4-9(14)18-3/h7-8H,4-6H2,1-3H3,(H,15,16)(H2,12,13,17). The van der Waals surface area contributed by atoms with Crippen LogP contribution in [0, 0.1) is 5.92 Å². The van der Waals surface area contributed by atoms with E-state index in [4.69, 9.17) is 5.11 Å². The Kier molecular flexibility index (Phi) is 7.50.